The Morgan fingerprint density at radius 3 is 2.33 bits per heavy atom. The fraction of sp³-hybridized carbons (Fsp3) is 0.250. The largest absolute Gasteiger partial charge is 0.503 e. The zero-order valence-corrected chi connectivity index (χ0v) is 16.6. The summed E-state index contributed by atoms with van der Waals surface area (Å²) in [6.45, 7) is 1.75. The fourth-order valence-corrected chi connectivity index (χ4v) is 3.81. The number of methoxy groups -OCH3 is 3. The van der Waals surface area contributed by atoms with Gasteiger partial charge in [-0.15, -0.1) is 11.8 Å². The summed E-state index contributed by atoms with van der Waals surface area (Å²) in [7, 11) is 4.63. The molecule has 0 fully saturated rings. The highest BCUT2D eigenvalue weighted by Gasteiger charge is 2.19. The van der Waals surface area contributed by atoms with Crippen molar-refractivity contribution in [2.24, 2.45) is 0 Å². The number of rotatable bonds is 5. The Hall–Kier alpha value is -2.80. The molecule has 0 amide bonds. The van der Waals surface area contributed by atoms with Gasteiger partial charge >= 0.3 is 0 Å². The van der Waals surface area contributed by atoms with Crippen LogP contribution in [-0.2, 0) is 0 Å². The summed E-state index contributed by atoms with van der Waals surface area (Å²) < 4.78 is 16.1. The minimum Gasteiger partial charge on any atom is -0.503 e. The van der Waals surface area contributed by atoms with Gasteiger partial charge in [0.2, 0.25) is 0 Å². The maximum atomic E-state index is 12.5. The molecule has 0 bridgehead atoms. The maximum absolute atomic E-state index is 12.5. The summed E-state index contributed by atoms with van der Waals surface area (Å²) in [4.78, 5) is 16.2. The van der Waals surface area contributed by atoms with Gasteiger partial charge in [-0.2, -0.15) is 0 Å². The van der Waals surface area contributed by atoms with Gasteiger partial charge in [0.1, 0.15) is 0 Å². The fourth-order valence-electron chi connectivity index (χ4n) is 3.19. The number of ether oxygens (including phenoxy) is 3. The van der Waals surface area contributed by atoms with E-state index in [1.165, 1.54) is 18.9 Å². The summed E-state index contributed by atoms with van der Waals surface area (Å²) in [6.07, 6.45) is 1.94. The molecule has 6 nitrogen and oxygen atoms in total. The smallest absolute Gasteiger partial charge is 0.252 e. The van der Waals surface area contributed by atoms with Crippen molar-refractivity contribution >= 4 is 22.7 Å². The molecule has 2 aromatic carbocycles. The monoisotopic (exact) mass is 387 g/mol. The lowest BCUT2D eigenvalue weighted by atomic mass is 9.96. The second-order valence-electron chi connectivity index (χ2n) is 5.91. The lowest BCUT2D eigenvalue weighted by molar-refractivity contribution is 0.348. The van der Waals surface area contributed by atoms with Gasteiger partial charge in [0, 0.05) is 10.9 Å². The first-order valence-corrected chi connectivity index (χ1v) is 9.42. The molecule has 0 saturated heterocycles. The highest BCUT2D eigenvalue weighted by Crippen LogP contribution is 2.44. The number of aromatic nitrogens is 1. The number of pyridine rings is 1. The van der Waals surface area contributed by atoms with Crippen LogP contribution < -0.4 is 19.8 Å². The highest BCUT2D eigenvalue weighted by atomic mass is 32.2. The molecule has 2 N–H and O–H groups in total. The third kappa shape index (κ3) is 3.08. The summed E-state index contributed by atoms with van der Waals surface area (Å²) >= 11 is 1.52. The van der Waals surface area contributed by atoms with Crippen molar-refractivity contribution in [1.82, 2.24) is 4.98 Å². The minimum absolute atomic E-state index is 0.0982. The average molecular weight is 387 g/mol. The third-order valence-electron chi connectivity index (χ3n) is 4.54. The van der Waals surface area contributed by atoms with E-state index < -0.39 is 0 Å². The van der Waals surface area contributed by atoms with E-state index in [1.807, 2.05) is 24.5 Å². The zero-order valence-electron chi connectivity index (χ0n) is 15.8. The van der Waals surface area contributed by atoms with Gasteiger partial charge in [0.15, 0.2) is 23.0 Å². The molecule has 0 radical (unpaired) electrons. The number of hydrogen-bond acceptors (Lipinski definition) is 6. The van der Waals surface area contributed by atoms with Crippen LogP contribution in [0, 0.1) is 6.92 Å². The molecule has 7 heteroatoms. The van der Waals surface area contributed by atoms with Crippen LogP contribution in [0.15, 0.2) is 34.0 Å². The summed E-state index contributed by atoms with van der Waals surface area (Å²) in [6, 6.07) is 7.28. The van der Waals surface area contributed by atoms with Gasteiger partial charge in [0.05, 0.1) is 31.7 Å². The van der Waals surface area contributed by atoms with Crippen LogP contribution in [0.4, 0.5) is 0 Å². The molecular weight excluding hydrogens is 366 g/mol. The van der Waals surface area contributed by atoms with E-state index in [4.69, 9.17) is 14.2 Å². The zero-order chi connectivity index (χ0) is 19.7. The molecule has 0 aliphatic rings. The normalized spacial score (nSPS) is 10.9. The van der Waals surface area contributed by atoms with Gasteiger partial charge in [-0.25, -0.2) is 0 Å². The number of aromatic amines is 1. The van der Waals surface area contributed by atoms with Crippen molar-refractivity contribution in [3.63, 3.8) is 0 Å². The number of nitrogens with one attached hydrogen (secondary N) is 1. The molecule has 0 aliphatic heterocycles. The average Bonchev–Trinajstić information content (AvgIpc) is 2.68. The molecule has 1 aromatic heterocycles. The Kier molecular flexibility index (Phi) is 5.23. The van der Waals surface area contributed by atoms with Crippen LogP contribution in [0.3, 0.4) is 0 Å². The van der Waals surface area contributed by atoms with Gasteiger partial charge in [-0.05, 0) is 48.6 Å². The van der Waals surface area contributed by atoms with Crippen LogP contribution in [-0.4, -0.2) is 37.7 Å². The first-order valence-electron chi connectivity index (χ1n) is 8.19. The first kappa shape index (κ1) is 19.0. The van der Waals surface area contributed by atoms with Crippen molar-refractivity contribution < 1.29 is 19.3 Å². The van der Waals surface area contributed by atoms with Crippen LogP contribution >= 0.6 is 11.8 Å². The van der Waals surface area contributed by atoms with Crippen molar-refractivity contribution in [2.45, 2.75) is 11.8 Å². The molecule has 0 spiro atoms. The Bertz CT molecular complexity index is 1050. The Labute approximate surface area is 161 Å². The van der Waals surface area contributed by atoms with Crippen molar-refractivity contribution in [2.75, 3.05) is 27.6 Å². The first-order chi connectivity index (χ1) is 13.0. The van der Waals surface area contributed by atoms with E-state index in [9.17, 15) is 9.90 Å². The minimum atomic E-state index is -0.276. The molecule has 27 heavy (non-hydrogen) atoms. The predicted molar refractivity (Wildman–Crippen MR) is 108 cm³/mol. The van der Waals surface area contributed by atoms with Gasteiger partial charge in [-0.3, -0.25) is 4.79 Å². The van der Waals surface area contributed by atoms with E-state index in [-0.39, 0.29) is 11.3 Å². The van der Waals surface area contributed by atoms with Gasteiger partial charge < -0.3 is 24.3 Å². The quantitative estimate of drug-likeness (QED) is 0.645. The molecule has 1 heterocycles. The standard InChI is InChI=1S/C20H21NO5S/c1-10-16(11-8-14(25-3)19(26-4)15(9-11)27-5)12-6-7-13(24-2)18(22)17(12)21-20(10)23/h6-9,22H,1-5H3,(H,21,23). The van der Waals surface area contributed by atoms with Crippen LogP contribution in [0.25, 0.3) is 22.0 Å². The number of fused-ring (bicyclic) bond motifs is 1. The molecular formula is C20H21NO5S. The summed E-state index contributed by atoms with van der Waals surface area (Å²) in [5.41, 5.74) is 2.13. The van der Waals surface area contributed by atoms with Gasteiger partial charge in [-0.1, -0.05) is 0 Å². The molecule has 0 unspecified atom stereocenters. The van der Waals surface area contributed by atoms with Crippen molar-refractivity contribution in [3.05, 3.63) is 40.2 Å². The second-order valence-corrected chi connectivity index (χ2v) is 6.76. The summed E-state index contributed by atoms with van der Waals surface area (Å²) in [5, 5.41) is 11.2. The van der Waals surface area contributed by atoms with E-state index in [1.54, 1.807) is 27.2 Å². The lowest BCUT2D eigenvalue weighted by Crippen LogP contribution is -2.11. The van der Waals surface area contributed by atoms with Crippen molar-refractivity contribution in [3.8, 4) is 34.1 Å². The van der Waals surface area contributed by atoms with E-state index >= 15 is 0 Å². The number of phenolic OH excluding ortho intramolecular Hbond substituents is 1. The molecule has 0 atom stereocenters. The second kappa shape index (κ2) is 7.44. The third-order valence-corrected chi connectivity index (χ3v) is 5.28. The maximum Gasteiger partial charge on any atom is 0.252 e. The number of H-pyrrole nitrogens is 1. The van der Waals surface area contributed by atoms with E-state index in [0.717, 1.165) is 16.0 Å². The van der Waals surface area contributed by atoms with Gasteiger partial charge in [0.25, 0.3) is 5.56 Å². The number of phenols is 1. The predicted octanol–water partition coefficient (Wildman–Crippen LogP) is 3.96. The number of hydrogen-bond donors (Lipinski definition) is 2. The lowest BCUT2D eigenvalue weighted by Gasteiger charge is -2.17. The van der Waals surface area contributed by atoms with Crippen LogP contribution in [0.2, 0.25) is 0 Å². The SMILES string of the molecule is COc1cc(-c2c(C)c(=O)[nH]c3c(O)c(OC)ccc23)cc(SC)c1OC. The van der Waals surface area contributed by atoms with Crippen molar-refractivity contribution in [1.29, 1.82) is 0 Å². The Morgan fingerprint density at radius 1 is 1.04 bits per heavy atom. The highest BCUT2D eigenvalue weighted by molar-refractivity contribution is 7.98. The Morgan fingerprint density at radius 2 is 1.74 bits per heavy atom. The van der Waals surface area contributed by atoms with E-state index in [0.29, 0.717) is 33.7 Å². The molecule has 3 aromatic rings. The van der Waals surface area contributed by atoms with Crippen LogP contribution in [0.5, 0.6) is 23.0 Å². The Balaban J connectivity index is 2.43. The molecule has 142 valence electrons. The molecule has 3 rings (SSSR count). The topological polar surface area (TPSA) is 80.8 Å². The summed E-state index contributed by atoms with van der Waals surface area (Å²) in [5.74, 6) is 1.42. The molecule has 0 saturated carbocycles. The van der Waals surface area contributed by atoms with Crippen LogP contribution in [0.1, 0.15) is 5.56 Å². The molecule has 0 aliphatic carbocycles. The number of benzene rings is 2. The number of aromatic hydroxyl groups is 1. The van der Waals surface area contributed by atoms with E-state index in [2.05, 4.69) is 4.98 Å². The number of thioether (sulfide) groups is 1.